The first kappa shape index (κ1) is 27.4. The number of carbonyl (C=O) groups is 2. The smallest absolute Gasteiger partial charge is 0.163 e. The fourth-order valence-corrected chi connectivity index (χ4v) is 3.34. The SMILES string of the molecule is CCN(CC)c1ccc(C=CC(=O)CC(=O)C=Cc2ccc(OC)c(O)c2)c(OCC=C(C)C)c1. The van der Waals surface area contributed by atoms with Crippen LogP contribution in [0.15, 0.2) is 60.2 Å². The van der Waals surface area contributed by atoms with Crippen LogP contribution >= 0.6 is 0 Å². The van der Waals surface area contributed by atoms with Gasteiger partial charge in [-0.15, -0.1) is 0 Å². The third-order valence-corrected chi connectivity index (χ3v) is 5.32. The quantitative estimate of drug-likeness (QED) is 0.222. The van der Waals surface area contributed by atoms with Crippen molar-refractivity contribution in [2.45, 2.75) is 34.1 Å². The molecule has 0 aliphatic heterocycles. The average Bonchev–Trinajstić information content (AvgIpc) is 2.83. The summed E-state index contributed by atoms with van der Waals surface area (Å²) in [7, 11) is 1.46. The summed E-state index contributed by atoms with van der Waals surface area (Å²) >= 11 is 0. The van der Waals surface area contributed by atoms with E-state index in [4.69, 9.17) is 9.47 Å². The van der Waals surface area contributed by atoms with E-state index in [0.717, 1.165) is 29.9 Å². The Morgan fingerprint density at radius 3 is 2.23 bits per heavy atom. The lowest BCUT2D eigenvalue weighted by Crippen LogP contribution is -2.21. The van der Waals surface area contributed by atoms with Gasteiger partial charge >= 0.3 is 0 Å². The van der Waals surface area contributed by atoms with Crippen LogP contribution in [0.1, 0.15) is 45.2 Å². The normalized spacial score (nSPS) is 11.0. The number of phenolic OH excluding ortho intramolecular Hbond substituents is 1. The Hall–Kier alpha value is -3.80. The molecule has 0 spiro atoms. The van der Waals surface area contributed by atoms with Crippen LogP contribution in [0, 0.1) is 0 Å². The monoisotopic (exact) mass is 477 g/mol. The predicted molar refractivity (Wildman–Crippen MR) is 142 cm³/mol. The van der Waals surface area contributed by atoms with Gasteiger partial charge in [-0.25, -0.2) is 0 Å². The number of ketones is 2. The Labute approximate surface area is 208 Å². The molecule has 0 bridgehead atoms. The Morgan fingerprint density at radius 2 is 1.63 bits per heavy atom. The molecule has 35 heavy (non-hydrogen) atoms. The molecule has 0 unspecified atom stereocenters. The van der Waals surface area contributed by atoms with E-state index < -0.39 is 0 Å². The molecule has 0 saturated carbocycles. The molecule has 0 aromatic heterocycles. The first-order valence-corrected chi connectivity index (χ1v) is 11.7. The molecular weight excluding hydrogens is 442 g/mol. The van der Waals surface area contributed by atoms with E-state index in [2.05, 4.69) is 18.7 Å². The van der Waals surface area contributed by atoms with Crippen LogP contribution in [-0.4, -0.2) is 43.5 Å². The maximum absolute atomic E-state index is 12.4. The van der Waals surface area contributed by atoms with Gasteiger partial charge in [-0.3, -0.25) is 9.59 Å². The number of carbonyl (C=O) groups excluding carboxylic acids is 2. The fourth-order valence-electron chi connectivity index (χ4n) is 3.34. The summed E-state index contributed by atoms with van der Waals surface area (Å²) in [5.74, 6) is 0.382. The zero-order valence-corrected chi connectivity index (χ0v) is 21.2. The molecule has 6 heteroatoms. The minimum Gasteiger partial charge on any atom is -0.504 e. The highest BCUT2D eigenvalue weighted by atomic mass is 16.5. The van der Waals surface area contributed by atoms with Crippen molar-refractivity contribution in [1.82, 2.24) is 0 Å². The second-order valence-corrected chi connectivity index (χ2v) is 8.19. The van der Waals surface area contributed by atoms with Crippen LogP contribution in [-0.2, 0) is 9.59 Å². The molecular formula is C29H35NO5. The Kier molecular flexibility index (Phi) is 10.8. The molecule has 1 N–H and O–H groups in total. The molecule has 0 amide bonds. The van der Waals surface area contributed by atoms with E-state index in [-0.39, 0.29) is 23.7 Å². The van der Waals surface area contributed by atoms with E-state index >= 15 is 0 Å². The zero-order valence-electron chi connectivity index (χ0n) is 21.2. The van der Waals surface area contributed by atoms with Gasteiger partial charge in [0.05, 0.1) is 13.5 Å². The second-order valence-electron chi connectivity index (χ2n) is 8.19. The van der Waals surface area contributed by atoms with E-state index in [9.17, 15) is 14.7 Å². The van der Waals surface area contributed by atoms with E-state index in [1.165, 1.54) is 25.3 Å². The molecule has 2 aromatic carbocycles. The molecule has 0 saturated heterocycles. The van der Waals surface area contributed by atoms with Gasteiger partial charge in [-0.05, 0) is 81.8 Å². The van der Waals surface area contributed by atoms with Crippen LogP contribution in [0.4, 0.5) is 5.69 Å². The molecule has 0 atom stereocenters. The largest absolute Gasteiger partial charge is 0.504 e. The van der Waals surface area contributed by atoms with Gasteiger partial charge < -0.3 is 19.5 Å². The van der Waals surface area contributed by atoms with Crippen LogP contribution in [0.5, 0.6) is 17.2 Å². The number of hydrogen-bond donors (Lipinski definition) is 1. The summed E-state index contributed by atoms with van der Waals surface area (Å²) < 4.78 is 11.0. The van der Waals surface area contributed by atoms with Crippen molar-refractivity contribution in [1.29, 1.82) is 0 Å². The third-order valence-electron chi connectivity index (χ3n) is 5.32. The van der Waals surface area contributed by atoms with Crippen molar-refractivity contribution in [3.8, 4) is 17.2 Å². The highest BCUT2D eigenvalue weighted by Gasteiger charge is 2.09. The van der Waals surface area contributed by atoms with Gasteiger partial charge in [-0.1, -0.05) is 17.7 Å². The van der Waals surface area contributed by atoms with Crippen molar-refractivity contribution >= 4 is 29.4 Å². The van der Waals surface area contributed by atoms with Gasteiger partial charge in [0.1, 0.15) is 12.4 Å². The number of nitrogens with zero attached hydrogens (tertiary/aromatic N) is 1. The number of allylic oxidation sites excluding steroid dienone is 3. The van der Waals surface area contributed by atoms with E-state index in [1.807, 2.05) is 38.1 Å². The molecule has 2 aromatic rings. The van der Waals surface area contributed by atoms with E-state index in [1.54, 1.807) is 24.3 Å². The molecule has 0 fully saturated rings. The third kappa shape index (κ3) is 8.81. The van der Waals surface area contributed by atoms with Crippen LogP contribution in [0.2, 0.25) is 0 Å². The summed E-state index contributed by atoms with van der Waals surface area (Å²) in [5.41, 5.74) is 3.61. The first-order chi connectivity index (χ1) is 16.8. The molecule has 0 aliphatic rings. The van der Waals surface area contributed by atoms with Crippen molar-refractivity contribution in [3.63, 3.8) is 0 Å². The number of ether oxygens (including phenoxy) is 2. The second kappa shape index (κ2) is 13.8. The van der Waals surface area contributed by atoms with Crippen LogP contribution in [0.25, 0.3) is 12.2 Å². The summed E-state index contributed by atoms with van der Waals surface area (Å²) in [4.78, 5) is 26.9. The van der Waals surface area contributed by atoms with Crippen molar-refractivity contribution in [2.75, 3.05) is 31.7 Å². The number of phenols is 1. The van der Waals surface area contributed by atoms with Gasteiger partial charge in [-0.2, -0.15) is 0 Å². The zero-order chi connectivity index (χ0) is 25.8. The number of anilines is 1. The molecule has 186 valence electrons. The number of benzene rings is 2. The summed E-state index contributed by atoms with van der Waals surface area (Å²) in [6.07, 6.45) is 7.73. The molecule has 2 rings (SSSR count). The summed E-state index contributed by atoms with van der Waals surface area (Å²) in [6, 6.07) is 10.7. The summed E-state index contributed by atoms with van der Waals surface area (Å²) in [6.45, 7) is 10.4. The van der Waals surface area contributed by atoms with Crippen molar-refractivity contribution < 1.29 is 24.2 Å². The van der Waals surface area contributed by atoms with Crippen LogP contribution < -0.4 is 14.4 Å². The topological polar surface area (TPSA) is 76.1 Å². The Bertz CT molecular complexity index is 1110. The highest BCUT2D eigenvalue weighted by molar-refractivity contribution is 6.11. The van der Waals surface area contributed by atoms with E-state index in [0.29, 0.717) is 23.7 Å². The maximum atomic E-state index is 12.4. The molecule has 6 nitrogen and oxygen atoms in total. The van der Waals surface area contributed by atoms with Gasteiger partial charge in [0.25, 0.3) is 0 Å². The molecule has 0 aliphatic carbocycles. The number of aromatic hydroxyl groups is 1. The predicted octanol–water partition coefficient (Wildman–Crippen LogP) is 5.85. The van der Waals surface area contributed by atoms with Gasteiger partial charge in [0, 0.05) is 30.4 Å². The fraction of sp³-hybridized carbons (Fsp3) is 0.310. The molecule has 0 radical (unpaired) electrons. The minimum atomic E-state index is -0.327. The summed E-state index contributed by atoms with van der Waals surface area (Å²) in [5, 5.41) is 9.84. The number of hydrogen-bond acceptors (Lipinski definition) is 6. The lowest BCUT2D eigenvalue weighted by Gasteiger charge is -2.22. The standard InChI is InChI=1S/C29H35NO5/c1-6-30(7-2)24-12-10-23(29(19-24)35-17-16-21(3)4)11-14-26(32)20-25(31)13-8-22-9-15-28(34-5)27(33)18-22/h8-16,18-19,33H,6-7,17,20H2,1-5H3. The lowest BCUT2D eigenvalue weighted by atomic mass is 10.1. The minimum absolute atomic E-state index is 0.0178. The van der Waals surface area contributed by atoms with Gasteiger partial charge in [0.2, 0.25) is 0 Å². The highest BCUT2D eigenvalue weighted by Crippen LogP contribution is 2.28. The lowest BCUT2D eigenvalue weighted by molar-refractivity contribution is -0.121. The Morgan fingerprint density at radius 1 is 0.943 bits per heavy atom. The number of rotatable bonds is 13. The van der Waals surface area contributed by atoms with Gasteiger partial charge in [0.15, 0.2) is 23.1 Å². The van der Waals surface area contributed by atoms with Crippen LogP contribution in [0.3, 0.4) is 0 Å². The average molecular weight is 478 g/mol. The number of methoxy groups -OCH3 is 1. The van der Waals surface area contributed by atoms with Crippen molar-refractivity contribution in [2.24, 2.45) is 0 Å². The Balaban J connectivity index is 2.10. The first-order valence-electron chi connectivity index (χ1n) is 11.7. The van der Waals surface area contributed by atoms with Crippen molar-refractivity contribution in [3.05, 3.63) is 71.3 Å². The maximum Gasteiger partial charge on any atom is 0.163 e. The molecule has 0 heterocycles.